The lowest BCUT2D eigenvalue weighted by molar-refractivity contribution is -0.142. The monoisotopic (exact) mass is 1250 g/mol. The Bertz CT molecular complexity index is 4060. The molecule has 2 amide bonds. The number of hydrogen-bond acceptors (Lipinski definition) is 11. The van der Waals surface area contributed by atoms with E-state index >= 15 is 0 Å². The molecular formula is C58H51Cl3F8N6O10. The van der Waals surface area contributed by atoms with Crippen molar-refractivity contribution in [2.45, 2.75) is 77.9 Å². The number of rotatable bonds is 14. The van der Waals surface area contributed by atoms with Gasteiger partial charge in [-0.2, -0.15) is 26.3 Å². The van der Waals surface area contributed by atoms with Crippen molar-refractivity contribution in [1.29, 1.82) is 0 Å². The van der Waals surface area contributed by atoms with Gasteiger partial charge in [0.05, 0.1) is 80.8 Å². The van der Waals surface area contributed by atoms with Crippen molar-refractivity contribution in [2.24, 2.45) is 0 Å². The zero-order chi connectivity index (χ0) is 63.0. The number of anilines is 3. The Labute approximate surface area is 492 Å². The summed E-state index contributed by atoms with van der Waals surface area (Å²) in [4.78, 5) is 84.9. The topological polar surface area (TPSA) is 223 Å². The molecule has 0 unspecified atom stereocenters. The predicted molar refractivity (Wildman–Crippen MR) is 306 cm³/mol. The van der Waals surface area contributed by atoms with Gasteiger partial charge in [-0.25, -0.2) is 8.78 Å². The Morgan fingerprint density at radius 1 is 0.529 bits per heavy atom. The third-order valence-electron chi connectivity index (χ3n) is 12.9. The van der Waals surface area contributed by atoms with Crippen molar-refractivity contribution in [3.05, 3.63) is 190 Å². The highest BCUT2D eigenvalue weighted by Gasteiger charge is 2.35. The molecule has 450 valence electrons. The van der Waals surface area contributed by atoms with Crippen LogP contribution in [-0.2, 0) is 53.8 Å². The Hall–Kier alpha value is -8.32. The third kappa shape index (κ3) is 16.1. The molecule has 5 aromatic carbocycles. The van der Waals surface area contributed by atoms with E-state index in [0.29, 0.717) is 56.5 Å². The zero-order valence-electron chi connectivity index (χ0n) is 45.4. The van der Waals surface area contributed by atoms with Crippen molar-refractivity contribution < 1.29 is 68.9 Å². The van der Waals surface area contributed by atoms with Gasteiger partial charge in [0.15, 0.2) is 0 Å². The molecule has 5 N–H and O–H groups in total. The first-order valence-corrected chi connectivity index (χ1v) is 26.4. The van der Waals surface area contributed by atoms with Crippen molar-refractivity contribution in [3.8, 4) is 0 Å². The van der Waals surface area contributed by atoms with Crippen LogP contribution in [0.2, 0.25) is 15.1 Å². The van der Waals surface area contributed by atoms with Crippen molar-refractivity contribution in [1.82, 2.24) is 13.7 Å². The van der Waals surface area contributed by atoms with Gasteiger partial charge in [0.1, 0.15) is 24.8 Å². The number of ether oxygens (including phenoxy) is 2. The molecule has 0 saturated carbocycles. The van der Waals surface area contributed by atoms with Gasteiger partial charge in [-0.05, 0) is 111 Å². The standard InChI is InChI=1S/C23H19ClF4N2O4.C21H17ClF4N2O3.C14H15ClN2O3/c1-12(11-34-13(2)31)30-8-7-15-16(22(30)33)4-6-18(24)21(15)29-20(32)10-14-3-5-17(19(25)9-14)23(26,27)28;1-11(10-29)28-7-6-13-14(20(28)31)3-5-16(22)19(13)27-18(30)9-12-2-4-15(17(23)8-12)21(24,25)26;1-8(7-20-9(2)18)17-6-5-10-11(14(17)19)3-4-12(15)13(10)16/h3-9,12H,10-11H2,1-2H3,(H,29,32);2-8,11,29H,9-10H2,1H3,(H,27,30);3-6,8H,7,16H2,1-2H3/t12-;11-;8-/m111/s1. The molecular weight excluding hydrogens is 1200 g/mol. The molecule has 8 rings (SSSR count). The van der Waals surface area contributed by atoms with Crippen molar-refractivity contribution in [2.75, 3.05) is 36.2 Å². The quantitative estimate of drug-likeness (QED) is 0.0455. The Kier molecular flexibility index (Phi) is 21.4. The number of alkyl halides is 6. The fourth-order valence-electron chi connectivity index (χ4n) is 8.52. The van der Waals surface area contributed by atoms with Crippen molar-refractivity contribution in [3.63, 3.8) is 0 Å². The number of aliphatic hydroxyl groups excluding tert-OH is 1. The first-order valence-electron chi connectivity index (χ1n) is 25.3. The lowest BCUT2D eigenvalue weighted by atomic mass is 10.1. The van der Waals surface area contributed by atoms with E-state index in [0.717, 1.165) is 12.1 Å². The molecule has 8 aromatic rings. The molecule has 0 radical (unpaired) electrons. The maximum Gasteiger partial charge on any atom is 0.419 e. The maximum atomic E-state index is 13.8. The summed E-state index contributed by atoms with van der Waals surface area (Å²) in [6.07, 6.45) is -5.94. The number of fused-ring (bicyclic) bond motifs is 3. The van der Waals surface area contributed by atoms with E-state index < -0.39 is 88.9 Å². The number of aliphatic hydroxyl groups is 1. The van der Waals surface area contributed by atoms with Crippen LogP contribution in [-0.4, -0.2) is 62.4 Å². The predicted octanol–water partition coefficient (Wildman–Crippen LogP) is 12.0. The van der Waals surface area contributed by atoms with Gasteiger partial charge in [-0.3, -0.25) is 33.6 Å². The van der Waals surface area contributed by atoms with Crippen LogP contribution < -0.4 is 33.0 Å². The highest BCUT2D eigenvalue weighted by Crippen LogP contribution is 2.35. The summed E-state index contributed by atoms with van der Waals surface area (Å²) < 4.78 is 118. The summed E-state index contributed by atoms with van der Waals surface area (Å²) in [5.74, 6) is -5.13. The van der Waals surface area contributed by atoms with E-state index in [2.05, 4.69) is 10.6 Å². The average Bonchev–Trinajstić information content (AvgIpc) is 1.60. The molecule has 85 heavy (non-hydrogen) atoms. The smallest absolute Gasteiger partial charge is 0.419 e. The van der Waals surface area contributed by atoms with Crippen LogP contribution in [0.15, 0.2) is 124 Å². The van der Waals surface area contributed by atoms with Crippen LogP contribution in [0.25, 0.3) is 32.3 Å². The normalized spacial score (nSPS) is 12.5. The van der Waals surface area contributed by atoms with Crippen LogP contribution >= 0.6 is 34.8 Å². The third-order valence-corrected chi connectivity index (χ3v) is 13.9. The summed E-state index contributed by atoms with van der Waals surface area (Å²) in [5.41, 5.74) is 2.78. The minimum absolute atomic E-state index is 0.0123. The van der Waals surface area contributed by atoms with E-state index in [9.17, 15) is 73.8 Å². The SMILES string of the molecule is CC(=O)OC[C@@H](C)n1ccc2c(N)c(Cl)ccc2c1=O.CC(=O)OC[C@@H](C)n1ccc2c(NC(=O)Cc3ccc(C(F)(F)F)c(F)c3)c(Cl)ccc2c1=O.C[C@H](CO)n1ccc2c(NC(=O)Cc3ccc(C(F)(F)F)c(F)c3)c(Cl)ccc2c1=O. The van der Waals surface area contributed by atoms with Crippen molar-refractivity contribution >= 4 is 108 Å². The van der Waals surface area contributed by atoms with Gasteiger partial charge in [0.25, 0.3) is 16.7 Å². The summed E-state index contributed by atoms with van der Waals surface area (Å²) in [6.45, 7) is 7.63. The molecule has 3 aromatic heterocycles. The first kappa shape index (κ1) is 65.8. The van der Waals surface area contributed by atoms with Gasteiger partial charge in [0.2, 0.25) is 11.8 Å². The molecule has 0 fully saturated rings. The fraction of sp³-hybridized carbons (Fsp3) is 0.259. The summed E-state index contributed by atoms with van der Waals surface area (Å²) in [6, 6.07) is 17.2. The molecule has 0 spiro atoms. The summed E-state index contributed by atoms with van der Waals surface area (Å²) in [7, 11) is 0. The lowest BCUT2D eigenvalue weighted by Gasteiger charge is -2.17. The van der Waals surface area contributed by atoms with Crippen LogP contribution in [0.5, 0.6) is 0 Å². The second kappa shape index (κ2) is 27.6. The second-order valence-electron chi connectivity index (χ2n) is 19.2. The lowest BCUT2D eigenvalue weighted by Crippen LogP contribution is -2.26. The summed E-state index contributed by atoms with van der Waals surface area (Å²) >= 11 is 18.3. The number of nitrogen functional groups attached to an aromatic ring is 1. The molecule has 0 aliphatic heterocycles. The maximum absolute atomic E-state index is 13.8. The summed E-state index contributed by atoms with van der Waals surface area (Å²) in [5, 5.41) is 17.4. The minimum Gasteiger partial charge on any atom is -0.464 e. The number of carbonyl (C=O) groups is 4. The number of esters is 2. The van der Waals surface area contributed by atoms with Gasteiger partial charge in [-0.15, -0.1) is 0 Å². The van der Waals surface area contributed by atoms with Gasteiger partial charge in [0, 0.05) is 64.8 Å². The van der Waals surface area contributed by atoms with Gasteiger partial charge < -0.3 is 44.6 Å². The minimum atomic E-state index is -4.84. The molecule has 0 aliphatic rings. The fourth-order valence-corrected chi connectivity index (χ4v) is 9.11. The van der Waals surface area contributed by atoms with E-state index in [1.165, 1.54) is 64.2 Å². The van der Waals surface area contributed by atoms with E-state index in [4.69, 9.17) is 50.0 Å². The molecule has 16 nitrogen and oxygen atoms in total. The number of nitrogens with two attached hydrogens (primary N) is 1. The van der Waals surface area contributed by atoms with E-state index in [1.54, 1.807) is 57.3 Å². The van der Waals surface area contributed by atoms with Crippen LogP contribution in [0, 0.1) is 11.6 Å². The molecule has 0 bridgehead atoms. The number of benzene rings is 5. The van der Waals surface area contributed by atoms with Crippen LogP contribution in [0.4, 0.5) is 52.2 Å². The number of carbonyl (C=O) groups excluding carboxylic acids is 4. The number of nitrogens with one attached hydrogen (secondary N) is 2. The van der Waals surface area contributed by atoms with E-state index in [1.807, 2.05) is 0 Å². The average molecular weight is 1250 g/mol. The number of halogens is 11. The first-order chi connectivity index (χ1) is 39.8. The van der Waals surface area contributed by atoms with Crippen LogP contribution in [0.3, 0.4) is 0 Å². The molecule has 0 aliphatic carbocycles. The van der Waals surface area contributed by atoms with Gasteiger partial charge >= 0.3 is 24.3 Å². The highest BCUT2D eigenvalue weighted by molar-refractivity contribution is 6.36. The molecule has 3 atom stereocenters. The van der Waals surface area contributed by atoms with E-state index in [-0.39, 0.29) is 80.7 Å². The number of aromatic nitrogens is 3. The van der Waals surface area contributed by atoms with Gasteiger partial charge in [-0.1, -0.05) is 46.9 Å². The number of amides is 2. The molecule has 0 saturated heterocycles. The molecule has 3 heterocycles. The molecule has 27 heteroatoms. The zero-order valence-corrected chi connectivity index (χ0v) is 47.6. The number of pyridine rings is 3. The number of hydrogen-bond donors (Lipinski definition) is 4. The Morgan fingerprint density at radius 3 is 1.21 bits per heavy atom. The Balaban J connectivity index is 0.000000211. The highest BCUT2D eigenvalue weighted by atomic mass is 35.5. The number of nitrogens with zero attached hydrogens (tertiary/aromatic N) is 3. The van der Waals surface area contributed by atoms with Crippen LogP contribution in [0.1, 0.15) is 75.0 Å². The largest absolute Gasteiger partial charge is 0.464 e. The second-order valence-corrected chi connectivity index (χ2v) is 20.4. The Morgan fingerprint density at radius 2 is 0.871 bits per heavy atom.